The van der Waals surface area contributed by atoms with Crippen LogP contribution in [-0.2, 0) is 0 Å². The lowest BCUT2D eigenvalue weighted by atomic mass is 9.85. The maximum atomic E-state index is 6.70. The summed E-state index contributed by atoms with van der Waals surface area (Å²) in [4.78, 5) is 0. The number of hydrogen-bond donors (Lipinski definition) is 0. The van der Waals surface area contributed by atoms with E-state index in [4.69, 9.17) is 8.83 Å². The van der Waals surface area contributed by atoms with Gasteiger partial charge in [-0.15, -0.1) is 0 Å². The number of hydrogen-bond acceptors (Lipinski definition) is 2. The fourth-order valence-electron chi connectivity index (χ4n) is 9.02. The molecule has 0 atom stereocenters. The molecule has 2 nitrogen and oxygen atoms in total. The maximum absolute atomic E-state index is 6.70. The Bertz CT molecular complexity index is 3430. The van der Waals surface area contributed by atoms with Gasteiger partial charge in [0.25, 0.3) is 0 Å². The number of benzene rings is 10. The smallest absolute Gasteiger partial charge is 0.143 e. The number of furan rings is 2. The van der Waals surface area contributed by atoms with Crippen LogP contribution in [0.1, 0.15) is 0 Å². The molecule has 0 spiro atoms. The first-order chi connectivity index (χ1) is 26.8. The van der Waals surface area contributed by atoms with Crippen LogP contribution >= 0.6 is 0 Å². The third kappa shape index (κ3) is 4.17. The normalized spacial score (nSPS) is 12.1. The Hall–Kier alpha value is -7.16. The first-order valence-electron chi connectivity index (χ1n) is 18.5. The van der Waals surface area contributed by atoms with Crippen LogP contribution in [0.4, 0.5) is 0 Å². The molecule has 0 bridgehead atoms. The van der Waals surface area contributed by atoms with Crippen LogP contribution in [0.3, 0.4) is 0 Å². The summed E-state index contributed by atoms with van der Waals surface area (Å²) in [5, 5.41) is 14.1. The molecule has 0 radical (unpaired) electrons. The van der Waals surface area contributed by atoms with E-state index >= 15 is 0 Å². The van der Waals surface area contributed by atoms with E-state index in [9.17, 15) is 0 Å². The molecule has 2 heteroatoms. The van der Waals surface area contributed by atoms with Crippen molar-refractivity contribution >= 4 is 87.0 Å². The fourth-order valence-corrected chi connectivity index (χ4v) is 9.02. The molecule has 0 amide bonds. The topological polar surface area (TPSA) is 26.3 Å². The summed E-state index contributed by atoms with van der Waals surface area (Å²) in [7, 11) is 0. The van der Waals surface area contributed by atoms with Gasteiger partial charge in [0.05, 0.1) is 0 Å². The second-order valence-corrected chi connectivity index (χ2v) is 14.3. The Balaban J connectivity index is 1.08. The minimum absolute atomic E-state index is 0.883. The van der Waals surface area contributed by atoms with Crippen LogP contribution in [0, 0.1) is 0 Å². The van der Waals surface area contributed by atoms with Gasteiger partial charge in [-0.3, -0.25) is 0 Å². The second kappa shape index (κ2) is 11.2. The third-order valence-electron chi connectivity index (χ3n) is 11.4. The highest BCUT2D eigenvalue weighted by molar-refractivity contribution is 6.28. The lowest BCUT2D eigenvalue weighted by molar-refractivity contribution is 0.670. The van der Waals surface area contributed by atoms with E-state index in [2.05, 4.69) is 170 Å². The van der Waals surface area contributed by atoms with Gasteiger partial charge in [-0.2, -0.15) is 0 Å². The van der Waals surface area contributed by atoms with Crippen molar-refractivity contribution < 1.29 is 8.83 Å². The fraction of sp³-hybridized carbons (Fsp3) is 0. The van der Waals surface area contributed by atoms with Crippen LogP contribution in [0.15, 0.2) is 191 Å². The number of fused-ring (bicyclic) bond motifs is 12. The lowest BCUT2D eigenvalue weighted by Crippen LogP contribution is -1.91. The molecule has 54 heavy (non-hydrogen) atoms. The Kier molecular flexibility index (Phi) is 6.09. The van der Waals surface area contributed by atoms with Crippen molar-refractivity contribution in [1.29, 1.82) is 0 Å². The Labute approximate surface area is 310 Å². The van der Waals surface area contributed by atoms with Crippen LogP contribution in [0.2, 0.25) is 0 Å². The van der Waals surface area contributed by atoms with Crippen molar-refractivity contribution in [1.82, 2.24) is 0 Å². The molecule has 250 valence electrons. The summed E-state index contributed by atoms with van der Waals surface area (Å²) in [6.07, 6.45) is 0. The van der Waals surface area contributed by atoms with Gasteiger partial charge in [0.2, 0.25) is 0 Å². The maximum Gasteiger partial charge on any atom is 0.143 e. The molecule has 2 heterocycles. The molecule has 10 aromatic carbocycles. The van der Waals surface area contributed by atoms with Crippen LogP contribution < -0.4 is 0 Å². The summed E-state index contributed by atoms with van der Waals surface area (Å²) in [6, 6.07) is 65.5. The monoisotopic (exact) mass is 686 g/mol. The van der Waals surface area contributed by atoms with E-state index in [0.717, 1.165) is 65.8 Å². The standard InChI is InChI=1S/C52H30O2/c1-2-12-31(13-3-1)48-37-15-4-6-17-39(37)49(40-18-7-5-16-38(40)48)35-25-23-32-28-34(24-22-33(32)29-35)44-30-45-41(50-43-19-9-11-21-47(43)54-52(44)50)26-27-42-36-14-8-10-20-46(36)53-51(42)45/h1-30H. The molecular formula is C52H30O2. The van der Waals surface area contributed by atoms with E-state index in [1.54, 1.807) is 0 Å². The summed E-state index contributed by atoms with van der Waals surface area (Å²) in [5.41, 5.74) is 10.7. The van der Waals surface area contributed by atoms with Crippen LogP contribution in [-0.4, -0.2) is 0 Å². The SMILES string of the molecule is c1ccc(-c2c3ccccc3c(-c3ccc4cc(-c5cc6c(ccc7c8ccccc8oc76)c6c5oc5ccccc56)ccc4c3)c3ccccc23)cc1. The molecule has 0 N–H and O–H groups in total. The molecule has 0 saturated carbocycles. The minimum atomic E-state index is 0.883. The first-order valence-corrected chi connectivity index (χ1v) is 18.5. The molecule has 0 saturated heterocycles. The molecule has 2 aromatic heterocycles. The van der Waals surface area contributed by atoms with Crippen LogP contribution in [0.25, 0.3) is 120 Å². The van der Waals surface area contributed by atoms with Gasteiger partial charge < -0.3 is 8.83 Å². The average molecular weight is 687 g/mol. The highest BCUT2D eigenvalue weighted by Gasteiger charge is 2.21. The van der Waals surface area contributed by atoms with Gasteiger partial charge >= 0.3 is 0 Å². The summed E-state index contributed by atoms with van der Waals surface area (Å²) >= 11 is 0. The molecule has 12 aromatic rings. The summed E-state index contributed by atoms with van der Waals surface area (Å²) in [6.45, 7) is 0. The van der Waals surface area contributed by atoms with Gasteiger partial charge in [-0.25, -0.2) is 0 Å². The molecule has 0 fully saturated rings. The second-order valence-electron chi connectivity index (χ2n) is 14.3. The number of rotatable bonds is 3. The molecule has 0 aliphatic rings. The van der Waals surface area contributed by atoms with Crippen molar-refractivity contribution in [2.75, 3.05) is 0 Å². The molecular weight excluding hydrogens is 657 g/mol. The third-order valence-corrected chi connectivity index (χ3v) is 11.4. The van der Waals surface area contributed by atoms with E-state index < -0.39 is 0 Å². The zero-order valence-electron chi connectivity index (χ0n) is 29.1. The van der Waals surface area contributed by atoms with Crippen molar-refractivity contribution in [3.05, 3.63) is 182 Å². The van der Waals surface area contributed by atoms with Gasteiger partial charge in [-0.1, -0.05) is 146 Å². The van der Waals surface area contributed by atoms with Gasteiger partial charge in [0, 0.05) is 32.5 Å². The largest absolute Gasteiger partial charge is 0.455 e. The van der Waals surface area contributed by atoms with Crippen LogP contribution in [0.5, 0.6) is 0 Å². The molecule has 0 aliphatic carbocycles. The summed E-state index contributed by atoms with van der Waals surface area (Å²) in [5.74, 6) is 0. The first kappa shape index (κ1) is 29.4. The Morgan fingerprint density at radius 1 is 0.278 bits per heavy atom. The predicted octanol–water partition coefficient (Wildman–Crippen LogP) is 15.1. The van der Waals surface area contributed by atoms with Crippen molar-refractivity contribution in [2.24, 2.45) is 0 Å². The van der Waals surface area contributed by atoms with Gasteiger partial charge in [0.1, 0.15) is 22.3 Å². The van der Waals surface area contributed by atoms with E-state index in [-0.39, 0.29) is 0 Å². The molecule has 12 rings (SSSR count). The zero-order valence-corrected chi connectivity index (χ0v) is 29.1. The highest BCUT2D eigenvalue weighted by atomic mass is 16.3. The Morgan fingerprint density at radius 3 is 1.46 bits per heavy atom. The van der Waals surface area contributed by atoms with E-state index in [0.29, 0.717) is 0 Å². The summed E-state index contributed by atoms with van der Waals surface area (Å²) < 4.78 is 13.3. The number of para-hydroxylation sites is 2. The van der Waals surface area contributed by atoms with E-state index in [1.165, 1.54) is 54.6 Å². The highest BCUT2D eigenvalue weighted by Crippen LogP contribution is 2.46. The average Bonchev–Trinajstić information content (AvgIpc) is 3.82. The lowest BCUT2D eigenvalue weighted by Gasteiger charge is -2.18. The minimum Gasteiger partial charge on any atom is -0.455 e. The van der Waals surface area contributed by atoms with Crippen molar-refractivity contribution in [2.45, 2.75) is 0 Å². The predicted molar refractivity (Wildman–Crippen MR) is 227 cm³/mol. The zero-order chi connectivity index (χ0) is 35.3. The van der Waals surface area contributed by atoms with Crippen molar-refractivity contribution in [3.8, 4) is 33.4 Å². The van der Waals surface area contributed by atoms with Gasteiger partial charge in [-0.05, 0) is 102 Å². The van der Waals surface area contributed by atoms with Crippen molar-refractivity contribution in [3.63, 3.8) is 0 Å². The molecule has 0 aliphatic heterocycles. The van der Waals surface area contributed by atoms with E-state index in [1.807, 2.05) is 12.1 Å². The Morgan fingerprint density at radius 2 is 0.778 bits per heavy atom. The molecule has 0 unspecified atom stereocenters. The quantitative estimate of drug-likeness (QED) is 0.173. The van der Waals surface area contributed by atoms with Gasteiger partial charge in [0.15, 0.2) is 0 Å².